The van der Waals surface area contributed by atoms with Gasteiger partial charge in [0.1, 0.15) is 11.1 Å². The van der Waals surface area contributed by atoms with Gasteiger partial charge >= 0.3 is 5.63 Å². The molecule has 0 saturated heterocycles. The summed E-state index contributed by atoms with van der Waals surface area (Å²) in [6, 6.07) is 5.13. The summed E-state index contributed by atoms with van der Waals surface area (Å²) in [7, 11) is 1.78. The fraction of sp³-hybridized carbons (Fsp3) is 0.690. The van der Waals surface area contributed by atoms with Gasteiger partial charge in [0.05, 0.1) is 6.61 Å². The summed E-state index contributed by atoms with van der Waals surface area (Å²) in [4.78, 5) is 12.4. The van der Waals surface area contributed by atoms with E-state index >= 15 is 0 Å². The van der Waals surface area contributed by atoms with E-state index in [4.69, 9.17) is 13.9 Å². The normalized spacial score (nSPS) is 18.4. The Bertz CT molecular complexity index is 914. The Morgan fingerprint density at radius 1 is 0.941 bits per heavy atom. The zero-order valence-corrected chi connectivity index (χ0v) is 21.2. The number of methoxy groups -OCH3 is 1. The van der Waals surface area contributed by atoms with Crippen LogP contribution in [-0.2, 0) is 11.2 Å². The smallest absolute Gasteiger partial charge is 0.346 e. The van der Waals surface area contributed by atoms with Gasteiger partial charge in [-0.3, -0.25) is 0 Å². The molecule has 190 valence electrons. The molecule has 1 aromatic carbocycles. The number of benzene rings is 1. The second-order valence-electron chi connectivity index (χ2n) is 9.96. The average molecular weight is 475 g/mol. The van der Waals surface area contributed by atoms with Crippen molar-refractivity contribution in [2.45, 2.75) is 96.8 Å². The molecule has 0 amide bonds. The van der Waals surface area contributed by atoms with Crippen LogP contribution in [0.1, 0.15) is 96.2 Å². The summed E-state index contributed by atoms with van der Waals surface area (Å²) in [6.45, 7) is 3.04. The third-order valence-corrected chi connectivity index (χ3v) is 7.40. The molecule has 1 aliphatic carbocycles. The largest absolute Gasteiger partial charge is 0.491 e. The first-order valence-corrected chi connectivity index (χ1v) is 13.5. The summed E-state index contributed by atoms with van der Waals surface area (Å²) in [6.07, 6.45) is 17.7. The van der Waals surface area contributed by atoms with Crippen molar-refractivity contribution in [3.8, 4) is 5.75 Å². The van der Waals surface area contributed by atoms with E-state index in [2.05, 4.69) is 0 Å². The minimum atomic E-state index is -0.627. The number of rotatable bonds is 15. The van der Waals surface area contributed by atoms with Gasteiger partial charge in [-0.15, -0.1) is 0 Å². The van der Waals surface area contributed by atoms with Gasteiger partial charge in [-0.1, -0.05) is 76.7 Å². The van der Waals surface area contributed by atoms with Crippen molar-refractivity contribution in [1.29, 1.82) is 0 Å². The van der Waals surface area contributed by atoms with Crippen LogP contribution in [0.25, 0.3) is 10.8 Å². The maximum absolute atomic E-state index is 14.5. The van der Waals surface area contributed by atoms with Crippen molar-refractivity contribution in [1.82, 2.24) is 0 Å². The molecule has 0 N–H and O–H groups in total. The van der Waals surface area contributed by atoms with E-state index in [-0.39, 0.29) is 11.1 Å². The number of halogens is 1. The number of fused-ring (bicyclic) bond motifs is 1. The third-order valence-electron chi connectivity index (χ3n) is 7.40. The standard InChI is InChI=1S/C29H43FO4/c1-3-33-26-19-18-24-21-25(34-29(31)27(24)28(26)30)13-9-8-12-23-16-14-22(15-17-23)11-7-5-4-6-10-20-32-2/h18-19,21-23H,3-17,20H2,1-2H3. The summed E-state index contributed by atoms with van der Waals surface area (Å²) in [5.41, 5.74) is -0.611. The van der Waals surface area contributed by atoms with Gasteiger partial charge < -0.3 is 13.9 Å². The average Bonchev–Trinajstić information content (AvgIpc) is 2.84. The van der Waals surface area contributed by atoms with Gasteiger partial charge in [-0.2, -0.15) is 0 Å². The third kappa shape index (κ3) is 8.11. The molecule has 34 heavy (non-hydrogen) atoms. The lowest BCUT2D eigenvalue weighted by molar-refractivity contribution is 0.191. The molecule has 0 aliphatic heterocycles. The van der Waals surface area contributed by atoms with E-state index < -0.39 is 11.4 Å². The van der Waals surface area contributed by atoms with Crippen molar-refractivity contribution >= 4 is 10.8 Å². The van der Waals surface area contributed by atoms with Gasteiger partial charge in [0.2, 0.25) is 0 Å². The summed E-state index contributed by atoms with van der Waals surface area (Å²) in [5, 5.41) is 0.568. The van der Waals surface area contributed by atoms with E-state index in [1.54, 1.807) is 32.2 Å². The van der Waals surface area contributed by atoms with Crippen molar-refractivity contribution in [2.24, 2.45) is 11.8 Å². The molecule has 1 saturated carbocycles. The van der Waals surface area contributed by atoms with E-state index in [1.165, 1.54) is 70.6 Å². The fourth-order valence-electron chi connectivity index (χ4n) is 5.41. The van der Waals surface area contributed by atoms with Gasteiger partial charge in [-0.25, -0.2) is 9.18 Å². The van der Waals surface area contributed by atoms with Crippen LogP contribution in [0.3, 0.4) is 0 Å². The molecule has 4 nitrogen and oxygen atoms in total. The van der Waals surface area contributed by atoms with Crippen molar-refractivity contribution in [2.75, 3.05) is 20.3 Å². The molecule has 0 atom stereocenters. The lowest BCUT2D eigenvalue weighted by Crippen LogP contribution is -2.14. The Labute approximate surface area is 204 Å². The maximum atomic E-state index is 14.5. The topological polar surface area (TPSA) is 48.7 Å². The summed E-state index contributed by atoms with van der Waals surface area (Å²) < 4.78 is 30.3. The Balaban J connectivity index is 1.33. The van der Waals surface area contributed by atoms with Crippen LogP contribution in [0.5, 0.6) is 5.75 Å². The zero-order chi connectivity index (χ0) is 24.2. The van der Waals surface area contributed by atoms with E-state index in [0.717, 1.165) is 37.7 Å². The van der Waals surface area contributed by atoms with Crippen LogP contribution >= 0.6 is 0 Å². The molecule has 1 heterocycles. The molecule has 1 aromatic heterocycles. The highest BCUT2D eigenvalue weighted by Gasteiger charge is 2.20. The molecule has 0 bridgehead atoms. The molecule has 1 fully saturated rings. The van der Waals surface area contributed by atoms with Gasteiger partial charge in [0.25, 0.3) is 0 Å². The second kappa shape index (κ2) is 14.5. The van der Waals surface area contributed by atoms with Crippen LogP contribution < -0.4 is 10.4 Å². The summed E-state index contributed by atoms with van der Waals surface area (Å²) >= 11 is 0. The van der Waals surface area contributed by atoms with E-state index in [9.17, 15) is 9.18 Å². The summed E-state index contributed by atoms with van der Waals surface area (Å²) in [5.74, 6) is 1.90. The highest BCUT2D eigenvalue weighted by Crippen LogP contribution is 2.34. The molecule has 0 spiro atoms. The number of ether oxygens (including phenoxy) is 2. The first-order valence-electron chi connectivity index (χ1n) is 13.5. The van der Waals surface area contributed by atoms with Gasteiger partial charge in [0, 0.05) is 20.1 Å². The van der Waals surface area contributed by atoms with Crippen LogP contribution in [0.4, 0.5) is 4.39 Å². The van der Waals surface area contributed by atoms with Gasteiger partial charge in [-0.05, 0) is 49.1 Å². The van der Waals surface area contributed by atoms with Crippen molar-refractivity contribution < 1.29 is 18.3 Å². The van der Waals surface area contributed by atoms with Crippen molar-refractivity contribution in [3.05, 3.63) is 40.2 Å². The Morgan fingerprint density at radius 2 is 1.59 bits per heavy atom. The second-order valence-corrected chi connectivity index (χ2v) is 9.96. The highest BCUT2D eigenvalue weighted by atomic mass is 19.1. The van der Waals surface area contributed by atoms with Gasteiger partial charge in [0.15, 0.2) is 11.6 Å². The molecule has 0 radical (unpaired) electrons. The first kappa shape index (κ1) is 26.7. The van der Waals surface area contributed by atoms with Crippen LogP contribution in [0, 0.1) is 17.7 Å². The van der Waals surface area contributed by atoms with Crippen LogP contribution in [0.15, 0.2) is 27.4 Å². The quantitative estimate of drug-likeness (QED) is 0.247. The van der Waals surface area contributed by atoms with E-state index in [1.807, 2.05) is 0 Å². The molecule has 1 aliphatic rings. The highest BCUT2D eigenvalue weighted by molar-refractivity contribution is 5.83. The lowest BCUT2D eigenvalue weighted by atomic mass is 9.78. The molecule has 2 aromatic rings. The maximum Gasteiger partial charge on any atom is 0.346 e. The Kier molecular flexibility index (Phi) is 11.4. The van der Waals surface area contributed by atoms with Crippen LogP contribution in [0.2, 0.25) is 0 Å². The monoisotopic (exact) mass is 474 g/mol. The number of aryl methyl sites for hydroxylation is 1. The predicted molar refractivity (Wildman–Crippen MR) is 136 cm³/mol. The Morgan fingerprint density at radius 3 is 2.26 bits per heavy atom. The van der Waals surface area contributed by atoms with Crippen molar-refractivity contribution in [3.63, 3.8) is 0 Å². The molecular formula is C29H43FO4. The number of unbranched alkanes of at least 4 members (excludes halogenated alkanes) is 5. The fourth-order valence-corrected chi connectivity index (χ4v) is 5.41. The molecule has 0 unspecified atom stereocenters. The number of hydrogen-bond donors (Lipinski definition) is 0. The lowest BCUT2D eigenvalue weighted by Gasteiger charge is -2.28. The Hall–Kier alpha value is -1.88. The predicted octanol–water partition coefficient (Wildman–Crippen LogP) is 7.84. The SMILES string of the molecule is CCOc1ccc2cc(CCCCC3CCC(CCCCCCCOC)CC3)oc(=O)c2c1F. The minimum Gasteiger partial charge on any atom is -0.491 e. The number of hydrogen-bond acceptors (Lipinski definition) is 4. The van der Waals surface area contributed by atoms with Crippen LogP contribution in [-0.4, -0.2) is 20.3 Å². The zero-order valence-electron chi connectivity index (χ0n) is 21.2. The molecular weight excluding hydrogens is 431 g/mol. The van der Waals surface area contributed by atoms with E-state index in [0.29, 0.717) is 17.8 Å². The first-order chi connectivity index (χ1) is 16.6. The molecule has 3 rings (SSSR count). The molecule has 5 heteroatoms. The minimum absolute atomic E-state index is 0.0162.